The van der Waals surface area contributed by atoms with Crippen molar-refractivity contribution in [3.63, 3.8) is 0 Å². The second-order valence-corrected chi connectivity index (χ2v) is 3.18. The fraction of sp³-hybridized carbons (Fsp3) is 0.333. The summed E-state index contributed by atoms with van der Waals surface area (Å²) in [7, 11) is 0. The Bertz CT molecular complexity index is 356. The lowest BCUT2D eigenvalue weighted by atomic mass is 10.3. The summed E-state index contributed by atoms with van der Waals surface area (Å²) >= 11 is 5.67. The summed E-state index contributed by atoms with van der Waals surface area (Å²) in [5, 5.41) is 19.2. The molecular weight excluding hydrogens is 222 g/mol. The number of benzene rings is 1. The Hall–Kier alpha value is -1.33. The first-order valence-corrected chi connectivity index (χ1v) is 4.71. The van der Waals surface area contributed by atoms with E-state index >= 15 is 0 Å². The molecule has 0 radical (unpaired) electrons. The predicted octanol–water partition coefficient (Wildman–Crippen LogP) is 2.01. The number of rotatable bonds is 5. The molecule has 0 saturated heterocycles. The molecule has 0 aliphatic rings. The van der Waals surface area contributed by atoms with Crippen LogP contribution in [0.1, 0.15) is 6.42 Å². The first-order chi connectivity index (χ1) is 7.16. The Morgan fingerprint density at radius 1 is 1.53 bits per heavy atom. The quantitative estimate of drug-likeness (QED) is 0.478. The van der Waals surface area contributed by atoms with Crippen molar-refractivity contribution >= 4 is 17.3 Å². The molecule has 0 aliphatic heterocycles. The van der Waals surface area contributed by atoms with E-state index in [1.807, 2.05) is 0 Å². The van der Waals surface area contributed by atoms with Gasteiger partial charge < -0.3 is 9.84 Å². The summed E-state index contributed by atoms with van der Waals surface area (Å²) in [6, 6.07) is 4.48. The number of nitro groups is 1. The Morgan fingerprint density at radius 3 is 2.87 bits per heavy atom. The molecule has 0 amide bonds. The molecule has 0 unspecified atom stereocenters. The van der Waals surface area contributed by atoms with E-state index in [1.165, 1.54) is 12.1 Å². The molecule has 0 fully saturated rings. The van der Waals surface area contributed by atoms with Gasteiger partial charge in [0, 0.05) is 13.0 Å². The average molecular weight is 232 g/mol. The van der Waals surface area contributed by atoms with E-state index in [0.717, 1.165) is 0 Å². The minimum Gasteiger partial charge on any atom is -0.487 e. The Labute approximate surface area is 91.4 Å². The van der Waals surface area contributed by atoms with Gasteiger partial charge in [0.25, 0.3) is 0 Å². The number of hydrogen-bond donors (Lipinski definition) is 1. The first-order valence-electron chi connectivity index (χ1n) is 4.33. The fourth-order valence-corrected chi connectivity index (χ4v) is 1.27. The van der Waals surface area contributed by atoms with Crippen LogP contribution >= 0.6 is 11.6 Å². The second kappa shape index (κ2) is 5.53. The summed E-state index contributed by atoms with van der Waals surface area (Å²) in [5.41, 5.74) is -0.239. The third-order valence-electron chi connectivity index (χ3n) is 1.69. The van der Waals surface area contributed by atoms with Crippen LogP contribution in [0.25, 0.3) is 0 Å². The van der Waals surface area contributed by atoms with Crippen molar-refractivity contribution in [1.29, 1.82) is 0 Å². The van der Waals surface area contributed by atoms with Crippen molar-refractivity contribution in [2.45, 2.75) is 6.42 Å². The number of aliphatic hydroxyl groups excluding tert-OH is 1. The zero-order chi connectivity index (χ0) is 11.3. The molecule has 0 spiro atoms. The molecule has 0 aromatic heterocycles. The summed E-state index contributed by atoms with van der Waals surface area (Å²) in [6.07, 6.45) is 0.420. The molecule has 0 heterocycles. The van der Waals surface area contributed by atoms with E-state index in [0.29, 0.717) is 6.42 Å². The van der Waals surface area contributed by atoms with Crippen molar-refractivity contribution in [2.75, 3.05) is 13.2 Å². The summed E-state index contributed by atoms with van der Waals surface area (Å²) < 4.78 is 5.13. The molecule has 1 aromatic rings. The van der Waals surface area contributed by atoms with Gasteiger partial charge in [0.15, 0.2) is 5.75 Å². The van der Waals surface area contributed by atoms with Crippen molar-refractivity contribution < 1.29 is 14.8 Å². The Morgan fingerprint density at radius 2 is 2.27 bits per heavy atom. The molecular formula is C9H10ClNO4. The standard InChI is InChI=1S/C9H10ClNO4/c10-7-3-1-4-8(9(7)11(13)14)15-6-2-5-12/h1,3-4,12H,2,5-6H2. The summed E-state index contributed by atoms with van der Waals surface area (Å²) in [5.74, 6) is 0.126. The van der Waals surface area contributed by atoms with Crippen LogP contribution in [-0.2, 0) is 0 Å². The Kier molecular flexibility index (Phi) is 4.33. The number of para-hydroxylation sites is 1. The first kappa shape index (κ1) is 11.7. The van der Waals surface area contributed by atoms with Gasteiger partial charge in [-0.2, -0.15) is 0 Å². The van der Waals surface area contributed by atoms with Crippen LogP contribution in [0.4, 0.5) is 5.69 Å². The lowest BCUT2D eigenvalue weighted by Gasteiger charge is -2.06. The smallest absolute Gasteiger partial charge is 0.329 e. The van der Waals surface area contributed by atoms with Gasteiger partial charge in [0.05, 0.1) is 11.5 Å². The number of nitrogens with zero attached hydrogens (tertiary/aromatic N) is 1. The topological polar surface area (TPSA) is 72.6 Å². The largest absolute Gasteiger partial charge is 0.487 e. The SMILES string of the molecule is O=[N+]([O-])c1c(Cl)cccc1OCCCO. The number of aliphatic hydroxyl groups is 1. The Balaban J connectivity index is 2.86. The zero-order valence-electron chi connectivity index (χ0n) is 7.85. The minimum atomic E-state index is -0.587. The molecule has 1 aromatic carbocycles. The van der Waals surface area contributed by atoms with Gasteiger partial charge in [-0.1, -0.05) is 17.7 Å². The maximum Gasteiger partial charge on any atom is 0.329 e. The van der Waals surface area contributed by atoms with Gasteiger partial charge >= 0.3 is 5.69 Å². The molecule has 6 heteroatoms. The van der Waals surface area contributed by atoms with Crippen LogP contribution in [0.15, 0.2) is 18.2 Å². The van der Waals surface area contributed by atoms with Gasteiger partial charge in [0.2, 0.25) is 0 Å². The molecule has 1 rings (SSSR count). The van der Waals surface area contributed by atoms with E-state index < -0.39 is 4.92 Å². The molecule has 15 heavy (non-hydrogen) atoms. The third kappa shape index (κ3) is 3.07. The lowest BCUT2D eigenvalue weighted by Crippen LogP contribution is -2.02. The van der Waals surface area contributed by atoms with Crippen LogP contribution in [-0.4, -0.2) is 23.2 Å². The van der Waals surface area contributed by atoms with Crippen molar-refractivity contribution in [1.82, 2.24) is 0 Å². The average Bonchev–Trinajstić information content (AvgIpc) is 2.17. The summed E-state index contributed by atoms with van der Waals surface area (Å²) in [4.78, 5) is 10.1. The van der Waals surface area contributed by atoms with Crippen LogP contribution in [0.5, 0.6) is 5.75 Å². The number of halogens is 1. The maximum atomic E-state index is 10.7. The van der Waals surface area contributed by atoms with Crippen LogP contribution < -0.4 is 4.74 Å². The van der Waals surface area contributed by atoms with E-state index in [4.69, 9.17) is 21.4 Å². The van der Waals surface area contributed by atoms with Crippen molar-refractivity contribution in [3.05, 3.63) is 33.3 Å². The van der Waals surface area contributed by atoms with Crippen molar-refractivity contribution in [2.24, 2.45) is 0 Å². The van der Waals surface area contributed by atoms with Crippen LogP contribution in [0, 0.1) is 10.1 Å². The van der Waals surface area contributed by atoms with Crippen LogP contribution in [0.2, 0.25) is 5.02 Å². The third-order valence-corrected chi connectivity index (χ3v) is 2.00. The highest BCUT2D eigenvalue weighted by molar-refractivity contribution is 6.32. The molecule has 5 nitrogen and oxygen atoms in total. The van der Waals surface area contributed by atoms with Gasteiger partial charge in [-0.3, -0.25) is 10.1 Å². The zero-order valence-corrected chi connectivity index (χ0v) is 8.61. The van der Waals surface area contributed by atoms with E-state index in [9.17, 15) is 10.1 Å². The van der Waals surface area contributed by atoms with Crippen molar-refractivity contribution in [3.8, 4) is 5.75 Å². The fourth-order valence-electron chi connectivity index (χ4n) is 1.04. The van der Waals surface area contributed by atoms with E-state index in [-0.39, 0.29) is 29.7 Å². The highest BCUT2D eigenvalue weighted by Gasteiger charge is 2.19. The number of nitro benzene ring substituents is 1. The molecule has 1 N–H and O–H groups in total. The number of hydrogen-bond acceptors (Lipinski definition) is 4. The predicted molar refractivity (Wildman–Crippen MR) is 55.3 cm³/mol. The van der Waals surface area contributed by atoms with E-state index in [2.05, 4.69) is 0 Å². The lowest BCUT2D eigenvalue weighted by molar-refractivity contribution is -0.385. The maximum absolute atomic E-state index is 10.7. The highest BCUT2D eigenvalue weighted by atomic mass is 35.5. The van der Waals surface area contributed by atoms with Gasteiger partial charge in [-0.25, -0.2) is 0 Å². The van der Waals surface area contributed by atoms with Gasteiger partial charge in [0.1, 0.15) is 5.02 Å². The van der Waals surface area contributed by atoms with Gasteiger partial charge in [-0.05, 0) is 12.1 Å². The summed E-state index contributed by atoms with van der Waals surface area (Å²) in [6.45, 7) is 0.200. The molecule has 82 valence electrons. The molecule has 0 saturated carbocycles. The molecule has 0 aliphatic carbocycles. The minimum absolute atomic E-state index is 0.0195. The molecule has 0 atom stereocenters. The normalized spacial score (nSPS) is 10.0. The number of ether oxygens (including phenoxy) is 1. The van der Waals surface area contributed by atoms with Crippen LogP contribution in [0.3, 0.4) is 0 Å². The van der Waals surface area contributed by atoms with Gasteiger partial charge in [-0.15, -0.1) is 0 Å². The highest BCUT2D eigenvalue weighted by Crippen LogP contribution is 2.34. The molecule has 0 bridgehead atoms. The van der Waals surface area contributed by atoms with E-state index in [1.54, 1.807) is 6.07 Å². The monoisotopic (exact) mass is 231 g/mol. The second-order valence-electron chi connectivity index (χ2n) is 2.77.